The fourth-order valence-corrected chi connectivity index (χ4v) is 0. The maximum Gasteiger partial charge on any atom is -1.00 e. The minimum atomic E-state index is 0. The van der Waals surface area contributed by atoms with Crippen molar-refractivity contribution in [2.24, 2.45) is 0 Å². The second-order valence-corrected chi connectivity index (χ2v) is 2.45. The molecule has 0 aliphatic carbocycles. The molecule has 0 atom stereocenters. The van der Waals surface area contributed by atoms with E-state index in [9.17, 15) is 0 Å². The third-order valence-corrected chi connectivity index (χ3v) is 1.22. The van der Waals surface area contributed by atoms with Gasteiger partial charge in [0.2, 0.25) is 0 Å². The Labute approximate surface area is 38.7 Å². The molecule has 0 N–H and O–H groups in total. The normalized spacial score (nSPS) is 4.40. The van der Waals surface area contributed by atoms with E-state index >= 15 is 0 Å². The predicted molar refractivity (Wildman–Crippen MR) is 22.1 cm³/mol. The standard InChI is InChI=1S/C2H5.CH3.Al.FH/c1-2;;;/h1H2,2H3;1H3;;1H/q;;+1;/p-1. The van der Waals surface area contributed by atoms with Gasteiger partial charge in [0.1, 0.15) is 0 Å². The van der Waals surface area contributed by atoms with Gasteiger partial charge in [0.15, 0.2) is 0 Å². The first-order valence-corrected chi connectivity index (χ1v) is 3.66. The minimum absolute atomic E-state index is 0. The molecule has 0 heterocycles. The number of hydrogen-bond donors (Lipinski definition) is 0. The van der Waals surface area contributed by atoms with Gasteiger partial charge in [-0.3, -0.25) is 0 Å². The van der Waals surface area contributed by atoms with Crippen molar-refractivity contribution in [3.63, 3.8) is 0 Å². The SMILES string of the molecule is C[CH2][Al+][CH3].[F-]. The van der Waals surface area contributed by atoms with Gasteiger partial charge in [-0.1, -0.05) is 0 Å². The van der Waals surface area contributed by atoms with Crippen LogP contribution >= 0.6 is 0 Å². The Kier molecular flexibility index (Phi) is 16.0. The predicted octanol–water partition coefficient (Wildman–Crippen LogP) is -1.82. The van der Waals surface area contributed by atoms with Crippen LogP contribution in [0.25, 0.3) is 0 Å². The summed E-state index contributed by atoms with van der Waals surface area (Å²) < 4.78 is 0. The molecule has 0 aliphatic heterocycles. The van der Waals surface area contributed by atoms with Gasteiger partial charge in [0.25, 0.3) is 0 Å². The first kappa shape index (κ1) is 9.07. The van der Waals surface area contributed by atoms with Crippen molar-refractivity contribution in [1.29, 1.82) is 0 Å². The van der Waals surface area contributed by atoms with Crippen LogP contribution in [0, 0.1) is 0 Å². The van der Waals surface area contributed by atoms with E-state index in [0.29, 0.717) is 0 Å². The number of halogens is 1. The second kappa shape index (κ2) is 8.82. The Morgan fingerprint density at radius 3 is 1.80 bits per heavy atom. The molecule has 0 aromatic rings. The monoisotopic (exact) mass is 90.0 g/mol. The van der Waals surface area contributed by atoms with Crippen molar-refractivity contribution in [2.75, 3.05) is 0 Å². The number of rotatable bonds is 1. The van der Waals surface area contributed by atoms with Gasteiger partial charge in [0, 0.05) is 0 Å². The Morgan fingerprint density at radius 2 is 1.80 bits per heavy atom. The van der Waals surface area contributed by atoms with E-state index in [1.807, 2.05) is 0 Å². The summed E-state index contributed by atoms with van der Waals surface area (Å²) in [5.74, 6) is 2.26. The van der Waals surface area contributed by atoms with Crippen LogP contribution < -0.4 is 4.70 Å². The second-order valence-electron chi connectivity index (χ2n) is 0.816. The average molecular weight is 90.1 g/mol. The van der Waals surface area contributed by atoms with Crippen LogP contribution in [-0.2, 0) is 0 Å². The summed E-state index contributed by atoms with van der Waals surface area (Å²) in [6.45, 7) is 2.22. The quantitative estimate of drug-likeness (QED) is 0.333. The zero-order chi connectivity index (χ0) is 3.41. The third-order valence-electron chi connectivity index (χ3n) is 0.408. The molecule has 2 heteroatoms. The molecular weight excluding hydrogens is 82.0 g/mol. The van der Waals surface area contributed by atoms with E-state index < -0.39 is 0 Å². The van der Waals surface area contributed by atoms with E-state index in [2.05, 4.69) is 12.7 Å². The summed E-state index contributed by atoms with van der Waals surface area (Å²) in [4.78, 5) is 0. The van der Waals surface area contributed by atoms with Crippen molar-refractivity contribution in [1.82, 2.24) is 0 Å². The van der Waals surface area contributed by atoms with Gasteiger partial charge in [-0.05, 0) is 0 Å². The van der Waals surface area contributed by atoms with E-state index in [0.717, 1.165) is 15.2 Å². The van der Waals surface area contributed by atoms with Gasteiger partial charge in [0.05, 0.1) is 0 Å². The minimum Gasteiger partial charge on any atom is -1.00 e. The molecule has 0 aromatic heterocycles. The molecule has 5 heavy (non-hydrogen) atoms. The summed E-state index contributed by atoms with van der Waals surface area (Å²) in [5.41, 5.74) is 0. The summed E-state index contributed by atoms with van der Waals surface area (Å²) in [5, 5.41) is 1.40. The van der Waals surface area contributed by atoms with Crippen molar-refractivity contribution in [3.05, 3.63) is 0 Å². The van der Waals surface area contributed by atoms with Crippen molar-refractivity contribution in [3.8, 4) is 0 Å². The molecule has 0 saturated carbocycles. The molecule has 0 saturated heterocycles. The Morgan fingerprint density at radius 1 is 1.60 bits per heavy atom. The largest absolute Gasteiger partial charge is 1.00 e. The van der Waals surface area contributed by atoms with Gasteiger partial charge in [-0.25, -0.2) is 0 Å². The summed E-state index contributed by atoms with van der Waals surface area (Å²) >= 11 is 0.782. The maximum atomic E-state index is 2.26. The van der Waals surface area contributed by atoms with Crippen LogP contribution in [0.4, 0.5) is 0 Å². The van der Waals surface area contributed by atoms with E-state index in [1.54, 1.807) is 0 Å². The van der Waals surface area contributed by atoms with Crippen LogP contribution in [0.3, 0.4) is 0 Å². The molecule has 0 radical (unpaired) electrons. The first-order chi connectivity index (χ1) is 1.91. The van der Waals surface area contributed by atoms with Crippen LogP contribution in [0.15, 0.2) is 0 Å². The van der Waals surface area contributed by atoms with Gasteiger partial charge in [-0.15, -0.1) is 0 Å². The maximum absolute atomic E-state index is 2.26. The first-order valence-electron chi connectivity index (χ1n) is 1.69. The molecule has 0 bridgehead atoms. The molecule has 0 spiro atoms. The van der Waals surface area contributed by atoms with E-state index in [-0.39, 0.29) is 4.70 Å². The van der Waals surface area contributed by atoms with Crippen molar-refractivity contribution >= 4 is 15.2 Å². The van der Waals surface area contributed by atoms with Crippen LogP contribution in [0.5, 0.6) is 0 Å². The molecule has 0 unspecified atom stereocenters. The van der Waals surface area contributed by atoms with Crippen LogP contribution in [0.1, 0.15) is 6.92 Å². The van der Waals surface area contributed by atoms with E-state index in [4.69, 9.17) is 0 Å². The van der Waals surface area contributed by atoms with Crippen molar-refractivity contribution < 1.29 is 4.70 Å². The Bertz CT molecular complexity index is 8.85. The van der Waals surface area contributed by atoms with E-state index in [1.165, 1.54) is 5.28 Å². The summed E-state index contributed by atoms with van der Waals surface area (Å²) in [6.07, 6.45) is 0. The Balaban J connectivity index is 0. The molecule has 0 amide bonds. The summed E-state index contributed by atoms with van der Waals surface area (Å²) in [6, 6.07) is 0. The fourth-order valence-electron chi connectivity index (χ4n) is 0. The summed E-state index contributed by atoms with van der Waals surface area (Å²) in [7, 11) is 0. The molecule has 0 rings (SSSR count). The molecule has 0 fully saturated rings. The molecule has 0 aromatic carbocycles. The van der Waals surface area contributed by atoms with Gasteiger partial charge >= 0.3 is 33.2 Å². The van der Waals surface area contributed by atoms with Crippen LogP contribution in [0.2, 0.25) is 11.1 Å². The molecule has 0 nitrogen and oxygen atoms in total. The molecule has 30 valence electrons. The molecule has 0 aliphatic rings. The topological polar surface area (TPSA) is 0 Å². The average Bonchev–Trinajstić information content (AvgIpc) is 1.37. The van der Waals surface area contributed by atoms with Gasteiger partial charge < -0.3 is 4.70 Å². The van der Waals surface area contributed by atoms with Crippen molar-refractivity contribution in [2.45, 2.75) is 18.0 Å². The number of hydrogen-bond acceptors (Lipinski definition) is 0. The van der Waals surface area contributed by atoms with Gasteiger partial charge in [-0.2, -0.15) is 0 Å². The zero-order valence-corrected chi connectivity index (χ0v) is 4.82. The zero-order valence-electron chi connectivity index (χ0n) is 3.66. The van der Waals surface area contributed by atoms with Crippen LogP contribution in [-0.4, -0.2) is 15.2 Å². The fraction of sp³-hybridized carbons (Fsp3) is 1.00. The molecular formula is C3H8AlF. The third kappa shape index (κ3) is 12.7. The Hall–Kier alpha value is 0.462. The smallest absolute Gasteiger partial charge is 1.00 e.